The Labute approximate surface area is 139 Å². The Bertz CT molecular complexity index is 221. The minimum absolute atomic E-state index is 0.337. The van der Waals surface area contributed by atoms with Crippen molar-refractivity contribution >= 4 is 0 Å². The van der Waals surface area contributed by atoms with Gasteiger partial charge in [-0.25, -0.2) is 0 Å². The summed E-state index contributed by atoms with van der Waals surface area (Å²) in [7, 11) is 0. The van der Waals surface area contributed by atoms with E-state index >= 15 is 0 Å². The highest BCUT2D eigenvalue weighted by Gasteiger charge is 2.33. The molecule has 0 bridgehead atoms. The molecule has 134 valence electrons. The Hall–Kier alpha value is -0.160. The first-order chi connectivity index (χ1) is 10.7. The summed E-state index contributed by atoms with van der Waals surface area (Å²) in [5.74, 6) is 0. The molecule has 0 fully saturated rings. The van der Waals surface area contributed by atoms with Crippen LogP contribution in [-0.2, 0) is 0 Å². The smallest absolute Gasteiger partial charge is 0.0333 e. The number of hydrogen-bond acceptors (Lipinski definition) is 4. The van der Waals surface area contributed by atoms with Crippen LogP contribution in [0, 0.1) is 0 Å². The molecule has 0 aliphatic carbocycles. The van der Waals surface area contributed by atoms with Gasteiger partial charge < -0.3 is 16.4 Å². The van der Waals surface area contributed by atoms with Crippen LogP contribution in [0.2, 0.25) is 0 Å². The number of hydrogen-bond donors (Lipinski definition) is 3. The van der Waals surface area contributed by atoms with E-state index in [-0.39, 0.29) is 0 Å². The molecule has 0 aromatic rings. The van der Waals surface area contributed by atoms with E-state index in [1.165, 1.54) is 51.6 Å². The van der Waals surface area contributed by atoms with Gasteiger partial charge in [0, 0.05) is 38.3 Å². The fourth-order valence-electron chi connectivity index (χ4n) is 3.51. The zero-order valence-corrected chi connectivity index (χ0v) is 15.7. The quantitative estimate of drug-likeness (QED) is 0.383. The van der Waals surface area contributed by atoms with E-state index in [9.17, 15) is 0 Å². The predicted molar refractivity (Wildman–Crippen MR) is 99.5 cm³/mol. The average molecular weight is 315 g/mol. The van der Waals surface area contributed by atoms with Crippen LogP contribution in [0.5, 0.6) is 0 Å². The molecule has 4 N–H and O–H groups in total. The molecule has 0 aliphatic heterocycles. The van der Waals surface area contributed by atoms with Crippen molar-refractivity contribution in [3.63, 3.8) is 0 Å². The van der Waals surface area contributed by atoms with E-state index in [0.29, 0.717) is 5.54 Å². The summed E-state index contributed by atoms with van der Waals surface area (Å²) in [4.78, 5) is 2.76. The van der Waals surface area contributed by atoms with Gasteiger partial charge in [0.15, 0.2) is 0 Å². The average Bonchev–Trinajstić information content (AvgIpc) is 2.51. The van der Waals surface area contributed by atoms with Gasteiger partial charge in [-0.3, -0.25) is 4.90 Å². The molecule has 0 saturated carbocycles. The Kier molecular flexibility index (Phi) is 14.3. The number of nitrogens with zero attached hydrogens (tertiary/aromatic N) is 1. The Morgan fingerprint density at radius 2 is 1.32 bits per heavy atom. The fraction of sp³-hybridized carbons (Fsp3) is 1.00. The predicted octanol–water partition coefficient (Wildman–Crippen LogP) is 2.59. The molecule has 0 radical (unpaired) electrons. The van der Waals surface area contributed by atoms with Crippen molar-refractivity contribution in [3.8, 4) is 0 Å². The molecule has 22 heavy (non-hydrogen) atoms. The van der Waals surface area contributed by atoms with Crippen molar-refractivity contribution in [2.24, 2.45) is 5.73 Å². The van der Waals surface area contributed by atoms with Crippen molar-refractivity contribution < 1.29 is 0 Å². The zero-order valence-electron chi connectivity index (χ0n) is 15.7. The SMILES string of the molecule is CCCN(CCC)C(CCC)(CCC)CNCCNCCN. The van der Waals surface area contributed by atoms with E-state index in [4.69, 9.17) is 5.73 Å². The van der Waals surface area contributed by atoms with Gasteiger partial charge in [-0.05, 0) is 38.8 Å². The molecular formula is C18H42N4. The monoisotopic (exact) mass is 314 g/mol. The third-order valence-electron chi connectivity index (χ3n) is 4.34. The molecule has 0 aliphatic rings. The van der Waals surface area contributed by atoms with Crippen molar-refractivity contribution in [2.45, 2.75) is 71.8 Å². The fourth-order valence-corrected chi connectivity index (χ4v) is 3.51. The molecule has 0 spiro atoms. The van der Waals surface area contributed by atoms with Crippen LogP contribution < -0.4 is 16.4 Å². The van der Waals surface area contributed by atoms with Gasteiger partial charge in [-0.2, -0.15) is 0 Å². The third kappa shape index (κ3) is 8.47. The summed E-state index contributed by atoms with van der Waals surface area (Å²) in [6, 6.07) is 0. The largest absolute Gasteiger partial charge is 0.329 e. The molecule has 4 heteroatoms. The van der Waals surface area contributed by atoms with Crippen LogP contribution in [0.4, 0.5) is 0 Å². The topological polar surface area (TPSA) is 53.3 Å². The molecule has 0 unspecified atom stereocenters. The first kappa shape index (κ1) is 21.8. The highest BCUT2D eigenvalue weighted by atomic mass is 15.2. The van der Waals surface area contributed by atoms with Crippen LogP contribution in [0.3, 0.4) is 0 Å². The maximum absolute atomic E-state index is 5.51. The van der Waals surface area contributed by atoms with Crippen LogP contribution >= 0.6 is 0 Å². The van der Waals surface area contributed by atoms with Crippen molar-refractivity contribution in [3.05, 3.63) is 0 Å². The molecule has 0 atom stereocenters. The van der Waals surface area contributed by atoms with Gasteiger partial charge in [0.05, 0.1) is 0 Å². The van der Waals surface area contributed by atoms with Gasteiger partial charge in [0.25, 0.3) is 0 Å². The summed E-state index contributed by atoms with van der Waals surface area (Å²) in [6.45, 7) is 16.5. The number of nitrogens with two attached hydrogens (primary N) is 1. The molecule has 0 rings (SSSR count). The van der Waals surface area contributed by atoms with E-state index in [0.717, 1.165) is 32.7 Å². The van der Waals surface area contributed by atoms with Crippen LogP contribution in [0.15, 0.2) is 0 Å². The van der Waals surface area contributed by atoms with E-state index in [2.05, 4.69) is 43.2 Å². The first-order valence-corrected chi connectivity index (χ1v) is 9.57. The highest BCUT2D eigenvalue weighted by Crippen LogP contribution is 2.27. The van der Waals surface area contributed by atoms with Gasteiger partial charge in [0.2, 0.25) is 0 Å². The lowest BCUT2D eigenvalue weighted by molar-refractivity contribution is 0.0660. The lowest BCUT2D eigenvalue weighted by Crippen LogP contribution is -2.56. The van der Waals surface area contributed by atoms with Gasteiger partial charge >= 0.3 is 0 Å². The molecule has 0 saturated heterocycles. The molecular weight excluding hydrogens is 272 g/mol. The minimum Gasteiger partial charge on any atom is -0.329 e. The number of rotatable bonds is 16. The highest BCUT2D eigenvalue weighted by molar-refractivity contribution is 4.92. The first-order valence-electron chi connectivity index (χ1n) is 9.57. The van der Waals surface area contributed by atoms with Gasteiger partial charge in [0.1, 0.15) is 0 Å². The third-order valence-corrected chi connectivity index (χ3v) is 4.34. The Balaban J connectivity index is 4.66. The van der Waals surface area contributed by atoms with Crippen LogP contribution in [-0.4, -0.2) is 56.3 Å². The summed E-state index contributed by atoms with van der Waals surface area (Å²) in [5.41, 5.74) is 5.85. The molecule has 4 nitrogen and oxygen atoms in total. The van der Waals surface area contributed by atoms with Crippen LogP contribution in [0.25, 0.3) is 0 Å². The van der Waals surface area contributed by atoms with Gasteiger partial charge in [-0.15, -0.1) is 0 Å². The van der Waals surface area contributed by atoms with Crippen LogP contribution in [0.1, 0.15) is 66.2 Å². The maximum Gasteiger partial charge on any atom is 0.0333 e. The molecule has 0 aromatic carbocycles. The summed E-state index contributed by atoms with van der Waals surface area (Å²) in [6.07, 6.45) is 7.60. The zero-order chi connectivity index (χ0) is 16.7. The lowest BCUT2D eigenvalue weighted by Gasteiger charge is -2.45. The van der Waals surface area contributed by atoms with E-state index < -0.39 is 0 Å². The summed E-state index contributed by atoms with van der Waals surface area (Å²) >= 11 is 0. The second-order valence-electron chi connectivity index (χ2n) is 6.43. The molecule has 0 heterocycles. The Morgan fingerprint density at radius 3 is 1.77 bits per heavy atom. The summed E-state index contributed by atoms with van der Waals surface area (Å²) < 4.78 is 0. The van der Waals surface area contributed by atoms with E-state index in [1.54, 1.807) is 0 Å². The minimum atomic E-state index is 0.337. The normalized spacial score (nSPS) is 12.3. The van der Waals surface area contributed by atoms with Crippen molar-refractivity contribution in [1.29, 1.82) is 0 Å². The lowest BCUT2D eigenvalue weighted by atomic mass is 9.85. The Morgan fingerprint density at radius 1 is 0.773 bits per heavy atom. The van der Waals surface area contributed by atoms with E-state index in [1.807, 2.05) is 0 Å². The molecule has 0 aromatic heterocycles. The van der Waals surface area contributed by atoms with Crippen molar-refractivity contribution in [1.82, 2.24) is 15.5 Å². The standard InChI is InChI=1S/C18H42N4/c1-5-9-18(10-6-2,22(15-7-3)16-8-4)17-21-14-13-20-12-11-19/h20-21H,5-17,19H2,1-4H3. The number of nitrogens with one attached hydrogen (secondary N) is 2. The maximum atomic E-state index is 5.51. The second kappa shape index (κ2) is 14.4. The van der Waals surface area contributed by atoms with Crippen molar-refractivity contribution in [2.75, 3.05) is 45.8 Å². The second-order valence-corrected chi connectivity index (χ2v) is 6.43. The van der Waals surface area contributed by atoms with Gasteiger partial charge in [-0.1, -0.05) is 40.5 Å². The molecule has 0 amide bonds. The summed E-state index contributed by atoms with van der Waals surface area (Å²) in [5, 5.41) is 7.07.